The molecule has 0 fully saturated rings. The third-order valence-corrected chi connectivity index (χ3v) is 8.30. The molecule has 4 unspecified atom stereocenters. The molecule has 0 saturated heterocycles. The summed E-state index contributed by atoms with van der Waals surface area (Å²) in [5.41, 5.74) is 6.58. The van der Waals surface area contributed by atoms with Crippen LogP contribution in [-0.2, 0) is 0 Å². The monoisotopic (exact) mass is 505 g/mol. The highest BCUT2D eigenvalue weighted by atomic mass is 15.3. The minimum absolute atomic E-state index is 0.345. The molecule has 5 rings (SSSR count). The highest BCUT2D eigenvalue weighted by Crippen LogP contribution is 2.27. The molecule has 4 atom stereocenters. The molecule has 1 aromatic rings. The summed E-state index contributed by atoms with van der Waals surface area (Å²) in [7, 11) is 0. The molecular formula is C35H43N3. The second kappa shape index (κ2) is 13.1. The van der Waals surface area contributed by atoms with E-state index in [0.29, 0.717) is 24.0 Å². The summed E-state index contributed by atoms with van der Waals surface area (Å²) >= 11 is 0. The van der Waals surface area contributed by atoms with E-state index < -0.39 is 0 Å². The van der Waals surface area contributed by atoms with Gasteiger partial charge in [-0.3, -0.25) is 10.2 Å². The average Bonchev–Trinajstić information content (AvgIpc) is 3.00. The van der Waals surface area contributed by atoms with E-state index in [0.717, 1.165) is 45.2 Å². The van der Waals surface area contributed by atoms with Crippen molar-refractivity contribution in [2.24, 2.45) is 11.8 Å². The van der Waals surface area contributed by atoms with Crippen LogP contribution in [0, 0.1) is 11.8 Å². The molecule has 38 heavy (non-hydrogen) atoms. The van der Waals surface area contributed by atoms with Crippen molar-refractivity contribution < 1.29 is 0 Å². The van der Waals surface area contributed by atoms with Gasteiger partial charge in [0, 0.05) is 30.5 Å². The maximum absolute atomic E-state index is 3.95. The van der Waals surface area contributed by atoms with Gasteiger partial charge in [0.1, 0.15) is 0 Å². The Kier molecular flexibility index (Phi) is 9.11. The first-order valence-electron chi connectivity index (χ1n) is 14.4. The fourth-order valence-electron chi connectivity index (χ4n) is 5.75. The zero-order valence-corrected chi connectivity index (χ0v) is 23.0. The average molecular weight is 506 g/mol. The van der Waals surface area contributed by atoms with Gasteiger partial charge in [-0.05, 0) is 79.7 Å². The quantitative estimate of drug-likeness (QED) is 0.407. The molecule has 2 heterocycles. The van der Waals surface area contributed by atoms with Crippen molar-refractivity contribution in [2.45, 2.75) is 58.2 Å². The van der Waals surface area contributed by atoms with E-state index >= 15 is 0 Å². The van der Waals surface area contributed by atoms with Gasteiger partial charge in [0.15, 0.2) is 0 Å². The van der Waals surface area contributed by atoms with Gasteiger partial charge in [-0.15, -0.1) is 0 Å². The Labute approximate surface area is 229 Å². The minimum atomic E-state index is 0.345. The van der Waals surface area contributed by atoms with E-state index in [-0.39, 0.29) is 0 Å². The topological polar surface area (TPSA) is 27.3 Å². The zero-order valence-electron chi connectivity index (χ0n) is 23.0. The molecule has 0 amide bonds. The zero-order chi connectivity index (χ0) is 26.2. The summed E-state index contributed by atoms with van der Waals surface area (Å²) in [5.74, 6) is 1.03. The number of allylic oxidation sites excluding steroid dienone is 10. The molecule has 0 spiro atoms. The first-order valence-corrected chi connectivity index (χ1v) is 14.4. The number of nitrogens with zero attached hydrogens (tertiary/aromatic N) is 1. The van der Waals surface area contributed by atoms with Crippen LogP contribution in [0.1, 0.15) is 51.5 Å². The highest BCUT2D eigenvalue weighted by molar-refractivity contribution is 5.75. The molecule has 0 aromatic heterocycles. The molecule has 0 bridgehead atoms. The largest absolute Gasteiger partial charge is 0.359 e. The lowest BCUT2D eigenvalue weighted by Gasteiger charge is -2.37. The number of rotatable bonds is 5. The van der Waals surface area contributed by atoms with Crippen molar-refractivity contribution in [3.05, 3.63) is 126 Å². The van der Waals surface area contributed by atoms with E-state index in [1.54, 1.807) is 0 Å². The van der Waals surface area contributed by atoms with E-state index in [1.165, 1.54) is 28.1 Å². The van der Waals surface area contributed by atoms with Gasteiger partial charge in [-0.25, -0.2) is 0 Å². The Balaban J connectivity index is 1.31. The molecule has 2 aliphatic carbocycles. The van der Waals surface area contributed by atoms with Crippen LogP contribution in [0.15, 0.2) is 120 Å². The minimum Gasteiger partial charge on any atom is -0.359 e. The fraction of sp³-hybridized carbons (Fsp3) is 0.371. The molecule has 0 radical (unpaired) electrons. The van der Waals surface area contributed by atoms with E-state index in [1.807, 2.05) is 0 Å². The molecule has 2 N–H and O–H groups in total. The van der Waals surface area contributed by atoms with Gasteiger partial charge in [-0.1, -0.05) is 98.0 Å². The SMILES string of the molecule is C/C1=C(NC2=CC(c3ccccc3)=CCC2)\C=C/CN(C2CC=CC(C3C=CC=CC3)N2)C/C=C\CC1C. The van der Waals surface area contributed by atoms with Gasteiger partial charge in [-0.2, -0.15) is 0 Å². The summed E-state index contributed by atoms with van der Waals surface area (Å²) in [4.78, 5) is 2.57. The second-order valence-corrected chi connectivity index (χ2v) is 11.0. The van der Waals surface area contributed by atoms with Crippen molar-refractivity contribution in [1.82, 2.24) is 15.5 Å². The Morgan fingerprint density at radius 1 is 0.895 bits per heavy atom. The van der Waals surface area contributed by atoms with Crippen LogP contribution in [0.5, 0.6) is 0 Å². The summed E-state index contributed by atoms with van der Waals surface area (Å²) in [5, 5.41) is 7.80. The smallest absolute Gasteiger partial charge is 0.0642 e. The summed E-state index contributed by atoms with van der Waals surface area (Å²) in [6.45, 7) is 6.53. The predicted molar refractivity (Wildman–Crippen MR) is 162 cm³/mol. The molecule has 2 aliphatic heterocycles. The van der Waals surface area contributed by atoms with Gasteiger partial charge < -0.3 is 5.32 Å². The van der Waals surface area contributed by atoms with Crippen LogP contribution in [0.25, 0.3) is 5.57 Å². The number of benzene rings is 1. The maximum atomic E-state index is 3.95. The number of hydrogen-bond donors (Lipinski definition) is 2. The van der Waals surface area contributed by atoms with Crippen LogP contribution < -0.4 is 10.6 Å². The first-order chi connectivity index (χ1) is 18.7. The third kappa shape index (κ3) is 6.83. The Hall–Kier alpha value is -3.14. The third-order valence-electron chi connectivity index (χ3n) is 8.30. The molecule has 1 aromatic carbocycles. The summed E-state index contributed by atoms with van der Waals surface area (Å²) in [6, 6.07) is 11.1. The van der Waals surface area contributed by atoms with Crippen LogP contribution in [-0.4, -0.2) is 30.2 Å². The summed E-state index contributed by atoms with van der Waals surface area (Å²) < 4.78 is 0. The van der Waals surface area contributed by atoms with Crippen LogP contribution >= 0.6 is 0 Å². The molecule has 3 heteroatoms. The number of hydrogen-bond acceptors (Lipinski definition) is 3. The van der Waals surface area contributed by atoms with E-state index in [9.17, 15) is 0 Å². The van der Waals surface area contributed by atoms with Crippen molar-refractivity contribution >= 4 is 5.57 Å². The van der Waals surface area contributed by atoms with Crippen molar-refractivity contribution in [2.75, 3.05) is 13.1 Å². The van der Waals surface area contributed by atoms with E-state index in [4.69, 9.17) is 0 Å². The van der Waals surface area contributed by atoms with Crippen molar-refractivity contribution in [3.63, 3.8) is 0 Å². The molecule has 4 aliphatic rings. The second-order valence-electron chi connectivity index (χ2n) is 11.0. The van der Waals surface area contributed by atoms with Gasteiger partial charge in [0.2, 0.25) is 0 Å². The predicted octanol–water partition coefficient (Wildman–Crippen LogP) is 7.44. The van der Waals surface area contributed by atoms with Gasteiger partial charge in [0.25, 0.3) is 0 Å². The lowest BCUT2D eigenvalue weighted by Crippen LogP contribution is -2.52. The Morgan fingerprint density at radius 2 is 1.76 bits per heavy atom. The van der Waals surface area contributed by atoms with Crippen LogP contribution in [0.4, 0.5) is 0 Å². The molecule has 198 valence electrons. The van der Waals surface area contributed by atoms with Crippen molar-refractivity contribution in [1.29, 1.82) is 0 Å². The Morgan fingerprint density at radius 3 is 2.61 bits per heavy atom. The fourth-order valence-corrected chi connectivity index (χ4v) is 5.75. The highest BCUT2D eigenvalue weighted by Gasteiger charge is 2.26. The Bertz CT molecular complexity index is 1190. The molecule has 0 saturated carbocycles. The first kappa shape index (κ1) is 26.5. The van der Waals surface area contributed by atoms with Gasteiger partial charge >= 0.3 is 0 Å². The maximum Gasteiger partial charge on any atom is 0.0642 e. The molecule has 3 nitrogen and oxygen atoms in total. The summed E-state index contributed by atoms with van der Waals surface area (Å²) in [6.07, 6.45) is 33.5. The van der Waals surface area contributed by atoms with Crippen molar-refractivity contribution in [3.8, 4) is 0 Å². The standard InChI is InChI=1S/C35H43N3/c1-27-14-9-10-24-38(35-23-12-21-34(37-35)30-17-7-4-8-18-30)25-13-22-33(28(27)2)36-32-20-11-19-31(26-32)29-15-5-3-6-16-29/h3-10,12-13,15-17,19,21-22,26-27,30,34-37H,11,14,18,20,23-25H2,1-2H3/b10-9-,22-13-,33-28-. The van der Waals surface area contributed by atoms with Gasteiger partial charge in [0.05, 0.1) is 6.17 Å². The normalized spacial score (nSPS) is 32.2. The number of nitrogens with one attached hydrogen (secondary N) is 2. The molecular weight excluding hydrogens is 462 g/mol. The van der Waals surface area contributed by atoms with Crippen LogP contribution in [0.2, 0.25) is 0 Å². The van der Waals surface area contributed by atoms with Crippen LogP contribution in [0.3, 0.4) is 0 Å². The lowest BCUT2D eigenvalue weighted by atomic mass is 9.90. The lowest BCUT2D eigenvalue weighted by molar-refractivity contribution is 0.177. The van der Waals surface area contributed by atoms with E-state index in [2.05, 4.69) is 133 Å².